The molecular weight excluding hydrogens is 535 g/mol. The fourth-order valence-corrected chi connectivity index (χ4v) is 8.11. The summed E-state index contributed by atoms with van der Waals surface area (Å²) in [5, 5.41) is 8.68. The third-order valence-corrected chi connectivity index (χ3v) is 10.6. The van der Waals surface area contributed by atoms with Crippen LogP contribution in [0.4, 0.5) is 4.39 Å². The predicted octanol–water partition coefficient (Wildman–Crippen LogP) is 4.20. The van der Waals surface area contributed by atoms with Crippen LogP contribution >= 0.6 is 0 Å². The van der Waals surface area contributed by atoms with Gasteiger partial charge in [-0.05, 0) is 74.5 Å². The number of pyridine rings is 2. The second-order valence-corrected chi connectivity index (χ2v) is 13.3. The average molecular weight is 569 g/mol. The van der Waals surface area contributed by atoms with Gasteiger partial charge in [-0.1, -0.05) is 0 Å². The molecule has 0 radical (unpaired) electrons. The molecule has 9 rings (SSSR count). The number of fused-ring (bicyclic) bond motifs is 2. The summed E-state index contributed by atoms with van der Waals surface area (Å²) in [5.74, 6) is 2.87. The Kier molecular flexibility index (Phi) is 5.15. The van der Waals surface area contributed by atoms with Crippen LogP contribution in [0.2, 0.25) is 0 Å². The second-order valence-electron chi connectivity index (χ2n) is 13.3. The molecule has 3 saturated carbocycles. The van der Waals surface area contributed by atoms with E-state index in [4.69, 9.17) is 14.8 Å². The number of ether oxygens (including phenoxy) is 1. The molecule has 2 amide bonds. The molecule has 5 atom stereocenters. The van der Waals surface area contributed by atoms with Crippen molar-refractivity contribution in [2.45, 2.75) is 51.6 Å². The minimum Gasteiger partial charge on any atom is -0.477 e. The van der Waals surface area contributed by atoms with Crippen LogP contribution in [0.15, 0.2) is 30.5 Å². The van der Waals surface area contributed by atoms with Crippen LogP contribution in [0.5, 0.6) is 5.88 Å². The normalized spacial score (nSPS) is 27.7. The highest BCUT2D eigenvalue weighted by Gasteiger charge is 2.61. The molecule has 4 aromatic rings. The Morgan fingerprint density at radius 1 is 1.17 bits per heavy atom. The van der Waals surface area contributed by atoms with E-state index in [-0.39, 0.29) is 17.7 Å². The molecule has 0 bridgehead atoms. The van der Waals surface area contributed by atoms with Crippen molar-refractivity contribution < 1.29 is 18.7 Å². The first-order valence-corrected chi connectivity index (χ1v) is 15.3. The van der Waals surface area contributed by atoms with Gasteiger partial charge in [-0.2, -0.15) is 10.1 Å². The summed E-state index contributed by atoms with van der Waals surface area (Å²) < 4.78 is 25.4. The number of nitrogens with one attached hydrogen (secondary N) is 1. The zero-order valence-electron chi connectivity index (χ0n) is 23.6. The lowest BCUT2D eigenvalue weighted by Crippen LogP contribution is -2.53. The number of hydrogen-bond donors (Lipinski definition) is 1. The average Bonchev–Trinajstić information content (AvgIpc) is 3.44. The maximum atomic E-state index is 15.7. The van der Waals surface area contributed by atoms with Gasteiger partial charge in [0.15, 0.2) is 0 Å². The maximum absolute atomic E-state index is 15.7. The van der Waals surface area contributed by atoms with E-state index in [2.05, 4.69) is 16.0 Å². The highest BCUT2D eigenvalue weighted by atomic mass is 19.1. The molecule has 0 spiro atoms. The first-order valence-electron chi connectivity index (χ1n) is 15.3. The van der Waals surface area contributed by atoms with E-state index in [1.807, 2.05) is 24.0 Å². The smallest absolute Gasteiger partial charge is 0.255 e. The number of aromatic nitrogens is 4. The Bertz CT molecular complexity index is 1810. The molecule has 6 heterocycles. The number of amides is 2. The summed E-state index contributed by atoms with van der Waals surface area (Å²) in [6, 6.07) is 7.65. The van der Waals surface area contributed by atoms with Crippen LogP contribution in [0.3, 0.4) is 0 Å². The van der Waals surface area contributed by atoms with Crippen LogP contribution in [-0.2, 0) is 11.3 Å². The van der Waals surface area contributed by atoms with Crippen LogP contribution in [0.25, 0.3) is 27.9 Å². The topological polar surface area (TPSA) is 93.8 Å². The van der Waals surface area contributed by atoms with Gasteiger partial charge in [-0.25, -0.2) is 8.91 Å². The van der Waals surface area contributed by atoms with Crippen molar-refractivity contribution in [3.8, 4) is 17.3 Å². The summed E-state index contributed by atoms with van der Waals surface area (Å²) >= 11 is 0. The standard InChI is InChI=1S/C32H33FN6O3/c1-16-29(36-39-14-22(8-23(33)30(16)39)32(41)38-13-21-7-20-10-24(38)28(20)21)25-9-19-4-5-27(42-15-18-6-26(40)34-11-18)35-31(19)37(25)12-17-2-3-17/h4-5,8-9,14,17-18,20-21,24,28H,2-3,6-7,10-13,15H2,1H3,(H,34,40)/t18?,20?,21?,24?,28-/m1/s1. The third kappa shape index (κ3) is 3.66. The molecule has 2 aliphatic heterocycles. The lowest BCUT2D eigenvalue weighted by molar-refractivity contribution is -0.119. The van der Waals surface area contributed by atoms with Crippen molar-refractivity contribution in [3.63, 3.8) is 0 Å². The summed E-state index contributed by atoms with van der Waals surface area (Å²) in [4.78, 5) is 31.9. The zero-order valence-corrected chi connectivity index (χ0v) is 23.6. The molecule has 216 valence electrons. The number of likely N-dealkylation sites (tertiary alicyclic amines) is 1. The van der Waals surface area contributed by atoms with Gasteiger partial charge in [-0.3, -0.25) is 9.59 Å². The lowest BCUT2D eigenvalue weighted by Gasteiger charge is -2.52. The molecule has 0 aromatic carbocycles. The van der Waals surface area contributed by atoms with Gasteiger partial charge in [0, 0.05) is 61.2 Å². The SMILES string of the molecule is Cc1c(-c2cc3ccc(OCC4CNC(=O)C4)nc3n2CC2CC2)nn2cc(C(=O)N3CC4CC5CC3[C@H]54)cc(F)c12. The van der Waals surface area contributed by atoms with Crippen molar-refractivity contribution in [1.82, 2.24) is 29.4 Å². The van der Waals surface area contributed by atoms with Crippen molar-refractivity contribution in [3.05, 3.63) is 47.4 Å². The van der Waals surface area contributed by atoms with Gasteiger partial charge < -0.3 is 19.5 Å². The van der Waals surface area contributed by atoms with Gasteiger partial charge in [0.2, 0.25) is 11.8 Å². The van der Waals surface area contributed by atoms with Crippen molar-refractivity contribution in [2.24, 2.45) is 29.6 Å². The number of nitrogens with zero attached hydrogens (tertiary/aromatic N) is 5. The van der Waals surface area contributed by atoms with Crippen LogP contribution in [0.1, 0.15) is 48.0 Å². The van der Waals surface area contributed by atoms with Gasteiger partial charge in [0.1, 0.15) is 22.7 Å². The Morgan fingerprint density at radius 3 is 2.81 bits per heavy atom. The van der Waals surface area contributed by atoms with E-state index in [0.29, 0.717) is 66.0 Å². The minimum atomic E-state index is -0.427. The molecule has 4 unspecified atom stereocenters. The molecule has 4 aromatic heterocycles. The third-order valence-electron chi connectivity index (χ3n) is 10.6. The van der Waals surface area contributed by atoms with E-state index in [1.54, 1.807) is 10.7 Å². The number of hydrogen-bond acceptors (Lipinski definition) is 5. The Labute approximate surface area is 242 Å². The molecule has 5 fully saturated rings. The van der Waals surface area contributed by atoms with E-state index in [0.717, 1.165) is 47.7 Å². The lowest BCUT2D eigenvalue weighted by atomic mass is 9.53. The molecule has 42 heavy (non-hydrogen) atoms. The number of rotatable bonds is 7. The molecule has 10 heteroatoms. The van der Waals surface area contributed by atoms with Crippen LogP contribution in [0, 0.1) is 42.3 Å². The molecular formula is C32H33FN6O3. The van der Waals surface area contributed by atoms with E-state index < -0.39 is 5.82 Å². The Balaban J connectivity index is 1.07. The first-order chi connectivity index (χ1) is 20.4. The minimum absolute atomic E-state index is 0.0603. The highest BCUT2D eigenvalue weighted by molar-refractivity contribution is 5.95. The number of carbonyl (C=O) groups excluding carboxylic acids is 2. The highest BCUT2D eigenvalue weighted by Crippen LogP contribution is 2.60. The largest absolute Gasteiger partial charge is 0.477 e. The molecule has 2 saturated heterocycles. The summed E-state index contributed by atoms with van der Waals surface area (Å²) in [6.45, 7) is 4.55. The first kappa shape index (κ1) is 24.6. The zero-order chi connectivity index (χ0) is 28.3. The van der Waals surface area contributed by atoms with Gasteiger partial charge in [-0.15, -0.1) is 0 Å². The van der Waals surface area contributed by atoms with Gasteiger partial charge >= 0.3 is 0 Å². The predicted molar refractivity (Wildman–Crippen MR) is 152 cm³/mol. The molecule has 3 aliphatic carbocycles. The fourth-order valence-electron chi connectivity index (χ4n) is 8.11. The quantitative estimate of drug-likeness (QED) is 0.361. The van der Waals surface area contributed by atoms with E-state index >= 15 is 4.39 Å². The van der Waals surface area contributed by atoms with Crippen LogP contribution in [-0.4, -0.2) is 61.6 Å². The summed E-state index contributed by atoms with van der Waals surface area (Å²) in [6.07, 6.45) is 6.84. The molecule has 1 N–H and O–H groups in total. The summed E-state index contributed by atoms with van der Waals surface area (Å²) in [5.41, 5.74) is 3.88. The molecule has 9 nitrogen and oxygen atoms in total. The van der Waals surface area contributed by atoms with Crippen LogP contribution < -0.4 is 10.1 Å². The number of aryl methyl sites for hydroxylation is 1. The fraction of sp³-hybridized carbons (Fsp3) is 0.500. The van der Waals surface area contributed by atoms with E-state index in [9.17, 15) is 9.59 Å². The van der Waals surface area contributed by atoms with Crippen molar-refractivity contribution in [2.75, 3.05) is 19.7 Å². The Morgan fingerprint density at radius 2 is 2.05 bits per heavy atom. The van der Waals surface area contributed by atoms with Crippen molar-refractivity contribution in [1.29, 1.82) is 0 Å². The Hall–Kier alpha value is -3.95. The van der Waals surface area contributed by atoms with Gasteiger partial charge in [0.05, 0.1) is 17.9 Å². The van der Waals surface area contributed by atoms with E-state index in [1.165, 1.54) is 25.3 Å². The maximum Gasteiger partial charge on any atom is 0.255 e. The second kappa shape index (κ2) is 8.78. The molecule has 5 aliphatic rings. The monoisotopic (exact) mass is 568 g/mol. The number of carbonyl (C=O) groups is 2. The number of halogens is 1. The van der Waals surface area contributed by atoms with Gasteiger partial charge in [0.25, 0.3) is 5.91 Å². The van der Waals surface area contributed by atoms with Crippen molar-refractivity contribution >= 4 is 28.4 Å². The summed E-state index contributed by atoms with van der Waals surface area (Å²) in [7, 11) is 0.